The third kappa shape index (κ3) is 3.29. The van der Waals surface area contributed by atoms with E-state index in [0.717, 1.165) is 31.2 Å². The standard InChI is InChI=1S/C22H23N3O4/c1-27-20-16(13-24-21(25-20)28-2)14-7-8-15-18(12-14)29-22(9-3-4-10-22)17(19(15)26)6-5-11-23/h7-8,12-13,17H,3-6,9-10H2,1-2H3. The molecule has 4 rings (SSSR count). The maximum atomic E-state index is 13.3. The van der Waals surface area contributed by atoms with Crippen LogP contribution in [-0.2, 0) is 0 Å². The predicted molar refractivity (Wildman–Crippen MR) is 105 cm³/mol. The molecule has 1 fully saturated rings. The fourth-order valence-electron chi connectivity index (χ4n) is 4.52. The molecule has 2 aromatic rings. The third-order valence-corrected chi connectivity index (χ3v) is 5.93. The summed E-state index contributed by atoms with van der Waals surface area (Å²) in [5.74, 6) is 0.789. The van der Waals surface area contributed by atoms with E-state index in [1.807, 2.05) is 12.1 Å². The Labute approximate surface area is 169 Å². The maximum Gasteiger partial charge on any atom is 0.319 e. The van der Waals surface area contributed by atoms with E-state index in [4.69, 9.17) is 19.5 Å². The molecule has 0 radical (unpaired) electrons. The SMILES string of the molecule is COc1ncc(-c2ccc3c(c2)OC2(CCCC2)C(CCC#N)C3=O)c(OC)n1. The Morgan fingerprint density at radius 3 is 2.72 bits per heavy atom. The van der Waals surface area contributed by atoms with Crippen molar-refractivity contribution in [3.63, 3.8) is 0 Å². The van der Waals surface area contributed by atoms with Gasteiger partial charge in [-0.05, 0) is 49.8 Å². The normalized spacial score (nSPS) is 19.3. The van der Waals surface area contributed by atoms with Crippen LogP contribution in [0.15, 0.2) is 24.4 Å². The van der Waals surface area contributed by atoms with E-state index in [1.165, 1.54) is 14.2 Å². The lowest BCUT2D eigenvalue weighted by molar-refractivity contribution is 0.00319. The van der Waals surface area contributed by atoms with Gasteiger partial charge < -0.3 is 14.2 Å². The molecule has 1 aliphatic heterocycles. The lowest BCUT2D eigenvalue weighted by Gasteiger charge is -2.41. The molecule has 150 valence electrons. The minimum atomic E-state index is -0.500. The molecule has 1 aromatic carbocycles. The average Bonchev–Trinajstić information content (AvgIpc) is 3.21. The molecule has 2 aliphatic rings. The first kappa shape index (κ1) is 19.2. The number of fused-ring (bicyclic) bond motifs is 1. The van der Waals surface area contributed by atoms with Crippen LogP contribution in [0.1, 0.15) is 48.9 Å². The summed E-state index contributed by atoms with van der Waals surface area (Å²) in [6.45, 7) is 0. The number of ether oxygens (including phenoxy) is 3. The zero-order valence-corrected chi connectivity index (χ0v) is 16.6. The van der Waals surface area contributed by atoms with Gasteiger partial charge in [-0.15, -0.1) is 0 Å². The number of aromatic nitrogens is 2. The molecule has 2 heterocycles. The maximum absolute atomic E-state index is 13.3. The second-order valence-electron chi connectivity index (χ2n) is 7.48. The van der Waals surface area contributed by atoms with Crippen LogP contribution in [0.25, 0.3) is 11.1 Å². The first-order chi connectivity index (χ1) is 14.1. The second-order valence-corrected chi connectivity index (χ2v) is 7.48. The Morgan fingerprint density at radius 1 is 1.24 bits per heavy atom. The highest BCUT2D eigenvalue weighted by molar-refractivity contribution is 6.02. The van der Waals surface area contributed by atoms with E-state index in [-0.39, 0.29) is 17.7 Å². The van der Waals surface area contributed by atoms with E-state index >= 15 is 0 Å². The fourth-order valence-corrected chi connectivity index (χ4v) is 4.52. The third-order valence-electron chi connectivity index (χ3n) is 5.93. The summed E-state index contributed by atoms with van der Waals surface area (Å²) < 4.78 is 17.0. The quantitative estimate of drug-likeness (QED) is 0.758. The zero-order valence-electron chi connectivity index (χ0n) is 16.6. The molecule has 1 aromatic heterocycles. The van der Waals surface area contributed by atoms with Crippen LogP contribution < -0.4 is 14.2 Å². The average molecular weight is 393 g/mol. The van der Waals surface area contributed by atoms with Gasteiger partial charge in [-0.1, -0.05) is 6.07 Å². The summed E-state index contributed by atoms with van der Waals surface area (Å²) in [6, 6.07) is 7.90. The molecule has 1 saturated carbocycles. The number of rotatable bonds is 5. The summed E-state index contributed by atoms with van der Waals surface area (Å²) in [5.41, 5.74) is 1.57. The van der Waals surface area contributed by atoms with Crippen molar-refractivity contribution in [3.05, 3.63) is 30.0 Å². The van der Waals surface area contributed by atoms with Gasteiger partial charge in [0.15, 0.2) is 5.78 Å². The minimum Gasteiger partial charge on any atom is -0.486 e. The van der Waals surface area contributed by atoms with Crippen molar-refractivity contribution in [2.45, 2.75) is 44.1 Å². The first-order valence-corrected chi connectivity index (χ1v) is 9.81. The first-order valence-electron chi connectivity index (χ1n) is 9.81. The number of ketones is 1. The van der Waals surface area contributed by atoms with Gasteiger partial charge >= 0.3 is 6.01 Å². The minimum absolute atomic E-state index is 0.0768. The lowest BCUT2D eigenvalue weighted by Crippen LogP contribution is -2.48. The number of methoxy groups -OCH3 is 2. The molecule has 0 bridgehead atoms. The van der Waals surface area contributed by atoms with Gasteiger partial charge in [-0.2, -0.15) is 10.2 Å². The molecule has 1 unspecified atom stereocenters. The van der Waals surface area contributed by atoms with Gasteiger partial charge in [0.05, 0.1) is 37.3 Å². The van der Waals surface area contributed by atoms with Gasteiger partial charge in [-0.25, -0.2) is 4.98 Å². The molecule has 7 heteroatoms. The molecular formula is C22H23N3O4. The Balaban J connectivity index is 1.75. The molecular weight excluding hydrogens is 370 g/mol. The molecule has 0 saturated heterocycles. The predicted octanol–water partition coefficient (Wildman–Crippen LogP) is 3.97. The number of Topliss-reactive ketones (excluding diaryl/α,β-unsaturated/α-hetero) is 1. The van der Waals surface area contributed by atoms with Crippen LogP contribution in [-0.4, -0.2) is 35.6 Å². The highest BCUT2D eigenvalue weighted by Crippen LogP contribution is 2.48. The van der Waals surface area contributed by atoms with Crippen LogP contribution in [0, 0.1) is 17.2 Å². The summed E-state index contributed by atoms with van der Waals surface area (Å²) in [7, 11) is 3.04. The second kappa shape index (κ2) is 7.70. The van der Waals surface area contributed by atoms with E-state index in [1.54, 1.807) is 12.3 Å². The Kier molecular flexibility index (Phi) is 5.10. The highest BCUT2D eigenvalue weighted by Gasteiger charge is 2.50. The van der Waals surface area contributed by atoms with Crippen molar-refractivity contribution in [1.29, 1.82) is 5.26 Å². The number of hydrogen-bond acceptors (Lipinski definition) is 7. The molecule has 0 N–H and O–H groups in total. The number of carbonyl (C=O) groups excluding carboxylic acids is 1. The smallest absolute Gasteiger partial charge is 0.319 e. The molecule has 1 spiro atoms. The lowest BCUT2D eigenvalue weighted by atomic mass is 9.75. The summed E-state index contributed by atoms with van der Waals surface area (Å²) >= 11 is 0. The van der Waals surface area contributed by atoms with Crippen LogP contribution in [0.4, 0.5) is 0 Å². The van der Waals surface area contributed by atoms with Crippen molar-refractivity contribution in [2.24, 2.45) is 5.92 Å². The van der Waals surface area contributed by atoms with Crippen LogP contribution in [0.5, 0.6) is 17.6 Å². The molecule has 0 amide bonds. The number of carbonyl (C=O) groups is 1. The number of nitrogens with zero attached hydrogens (tertiary/aromatic N) is 3. The molecule has 1 aliphatic carbocycles. The fraction of sp³-hybridized carbons (Fsp3) is 0.455. The number of hydrogen-bond donors (Lipinski definition) is 0. The summed E-state index contributed by atoms with van der Waals surface area (Å²) in [5, 5.41) is 9.02. The van der Waals surface area contributed by atoms with Crippen molar-refractivity contribution >= 4 is 5.78 Å². The van der Waals surface area contributed by atoms with Gasteiger partial charge in [0.25, 0.3) is 0 Å². The van der Waals surface area contributed by atoms with Crippen molar-refractivity contribution in [2.75, 3.05) is 14.2 Å². The molecule has 29 heavy (non-hydrogen) atoms. The van der Waals surface area contributed by atoms with E-state index in [2.05, 4.69) is 16.0 Å². The Bertz CT molecular complexity index is 977. The molecule has 7 nitrogen and oxygen atoms in total. The largest absolute Gasteiger partial charge is 0.486 e. The highest BCUT2D eigenvalue weighted by atomic mass is 16.5. The zero-order chi connectivity index (χ0) is 20.4. The van der Waals surface area contributed by atoms with Gasteiger partial charge in [0, 0.05) is 12.6 Å². The van der Waals surface area contributed by atoms with Gasteiger partial charge in [0.1, 0.15) is 11.4 Å². The Morgan fingerprint density at radius 2 is 2.03 bits per heavy atom. The van der Waals surface area contributed by atoms with Crippen molar-refractivity contribution in [1.82, 2.24) is 9.97 Å². The van der Waals surface area contributed by atoms with E-state index in [0.29, 0.717) is 35.6 Å². The molecule has 1 atom stereocenters. The monoisotopic (exact) mass is 393 g/mol. The van der Waals surface area contributed by atoms with Crippen LogP contribution in [0.2, 0.25) is 0 Å². The van der Waals surface area contributed by atoms with Crippen molar-refractivity contribution < 1.29 is 19.0 Å². The van der Waals surface area contributed by atoms with E-state index in [9.17, 15) is 4.79 Å². The van der Waals surface area contributed by atoms with Crippen LogP contribution in [0.3, 0.4) is 0 Å². The Hall–Kier alpha value is -3.14. The van der Waals surface area contributed by atoms with E-state index < -0.39 is 5.60 Å². The summed E-state index contributed by atoms with van der Waals surface area (Å²) in [6.07, 6.45) is 6.28. The van der Waals surface area contributed by atoms with Gasteiger partial charge in [-0.3, -0.25) is 4.79 Å². The number of nitriles is 1. The van der Waals surface area contributed by atoms with Crippen molar-refractivity contribution in [3.8, 4) is 34.8 Å². The van der Waals surface area contributed by atoms with Gasteiger partial charge in [0.2, 0.25) is 5.88 Å². The topological polar surface area (TPSA) is 94.3 Å². The van der Waals surface area contributed by atoms with Crippen LogP contribution >= 0.6 is 0 Å². The summed E-state index contributed by atoms with van der Waals surface area (Å²) in [4.78, 5) is 21.7. The number of benzene rings is 1.